The number of aromatic nitrogens is 1. The van der Waals surface area contributed by atoms with Gasteiger partial charge in [0.2, 0.25) is 0 Å². The van der Waals surface area contributed by atoms with Gasteiger partial charge in [-0.1, -0.05) is 33.6 Å². The number of aryl methyl sites for hydroxylation is 1. The lowest BCUT2D eigenvalue weighted by molar-refractivity contribution is -0.128. The lowest BCUT2D eigenvalue weighted by atomic mass is 9.68. The SMILES string of the molecule is Cc1ccc(C2CCCC2)n1C12CCC(C)(C(=O)C1)C2(C)C. The third-order valence-electron chi connectivity index (χ3n) is 7.96. The fourth-order valence-electron chi connectivity index (χ4n) is 6.01. The van der Waals surface area contributed by atoms with E-state index in [1.165, 1.54) is 37.1 Å². The Hall–Kier alpha value is -1.05. The first-order valence-corrected chi connectivity index (χ1v) is 9.06. The van der Waals surface area contributed by atoms with Gasteiger partial charge in [0.1, 0.15) is 5.78 Å². The second-order valence-electron chi connectivity index (χ2n) is 8.81. The molecule has 0 amide bonds. The molecule has 1 aromatic heterocycles. The molecule has 0 aromatic carbocycles. The Bertz CT molecular complexity index is 634. The van der Waals surface area contributed by atoms with Crippen molar-refractivity contribution in [3.63, 3.8) is 0 Å². The van der Waals surface area contributed by atoms with E-state index in [0.717, 1.165) is 19.3 Å². The van der Waals surface area contributed by atoms with E-state index in [-0.39, 0.29) is 16.4 Å². The summed E-state index contributed by atoms with van der Waals surface area (Å²) in [6.45, 7) is 9.16. The maximum atomic E-state index is 12.8. The van der Waals surface area contributed by atoms with Gasteiger partial charge in [-0.15, -0.1) is 0 Å². The number of hydrogen-bond acceptors (Lipinski definition) is 1. The van der Waals surface area contributed by atoms with Crippen molar-refractivity contribution >= 4 is 5.78 Å². The van der Waals surface area contributed by atoms with Crippen LogP contribution in [0.3, 0.4) is 0 Å². The second-order valence-corrected chi connectivity index (χ2v) is 8.81. The van der Waals surface area contributed by atoms with Crippen LogP contribution < -0.4 is 0 Å². The van der Waals surface area contributed by atoms with Crippen molar-refractivity contribution in [3.05, 3.63) is 23.5 Å². The molecule has 0 radical (unpaired) electrons. The van der Waals surface area contributed by atoms with Crippen LogP contribution in [-0.2, 0) is 10.3 Å². The van der Waals surface area contributed by atoms with Crippen molar-refractivity contribution in [3.8, 4) is 0 Å². The monoisotopic (exact) mass is 299 g/mol. The number of nitrogens with zero attached hydrogens (tertiary/aromatic N) is 1. The van der Waals surface area contributed by atoms with Crippen LogP contribution in [0.5, 0.6) is 0 Å². The predicted molar refractivity (Wildman–Crippen MR) is 89.1 cm³/mol. The van der Waals surface area contributed by atoms with Gasteiger partial charge in [0.25, 0.3) is 0 Å². The van der Waals surface area contributed by atoms with Gasteiger partial charge in [-0.3, -0.25) is 4.79 Å². The highest BCUT2D eigenvalue weighted by molar-refractivity contribution is 5.90. The molecule has 3 aliphatic carbocycles. The standard InChI is InChI=1S/C20H29NO/c1-14-9-10-16(15-7-5-6-8-15)21(14)20-12-11-19(4,17(22)13-20)18(20,2)3/h9-10,15H,5-8,11-13H2,1-4H3. The molecular weight excluding hydrogens is 270 g/mol. The third-order valence-corrected chi connectivity index (χ3v) is 7.96. The fourth-order valence-corrected chi connectivity index (χ4v) is 6.01. The molecule has 2 bridgehead atoms. The van der Waals surface area contributed by atoms with Crippen molar-refractivity contribution in [2.45, 2.75) is 84.1 Å². The molecule has 2 heteroatoms. The molecule has 0 N–H and O–H groups in total. The lowest BCUT2D eigenvalue weighted by Gasteiger charge is -2.43. The average Bonchev–Trinajstić information content (AvgIpc) is 3.16. The Kier molecular flexibility index (Phi) is 2.82. The van der Waals surface area contributed by atoms with Crippen LogP contribution in [0.4, 0.5) is 0 Å². The van der Waals surface area contributed by atoms with Crippen LogP contribution in [0.25, 0.3) is 0 Å². The Morgan fingerprint density at radius 2 is 1.77 bits per heavy atom. The summed E-state index contributed by atoms with van der Waals surface area (Å²) in [6, 6.07) is 4.64. The molecule has 4 rings (SSSR count). The summed E-state index contributed by atoms with van der Waals surface area (Å²) in [5.74, 6) is 1.20. The summed E-state index contributed by atoms with van der Waals surface area (Å²) in [6.07, 6.45) is 8.34. The highest BCUT2D eigenvalue weighted by Crippen LogP contribution is 2.69. The van der Waals surface area contributed by atoms with Crippen molar-refractivity contribution in [1.82, 2.24) is 4.57 Å². The minimum absolute atomic E-state index is 0.0182. The fraction of sp³-hybridized carbons (Fsp3) is 0.750. The zero-order valence-corrected chi connectivity index (χ0v) is 14.5. The van der Waals surface area contributed by atoms with Gasteiger partial charge < -0.3 is 4.57 Å². The molecule has 22 heavy (non-hydrogen) atoms. The molecule has 0 spiro atoms. The topological polar surface area (TPSA) is 22.0 Å². The normalized spacial score (nSPS) is 37.4. The Morgan fingerprint density at radius 3 is 2.32 bits per heavy atom. The minimum Gasteiger partial charge on any atom is -0.342 e. The zero-order chi connectivity index (χ0) is 15.8. The average molecular weight is 299 g/mol. The number of rotatable bonds is 2. The third kappa shape index (κ3) is 1.45. The molecule has 120 valence electrons. The number of Topliss-reactive ketones (excluding diaryl/α,β-unsaturated/α-hetero) is 1. The first-order chi connectivity index (χ1) is 10.3. The second kappa shape index (κ2) is 4.27. The summed E-state index contributed by atoms with van der Waals surface area (Å²) >= 11 is 0. The first-order valence-electron chi connectivity index (χ1n) is 9.06. The maximum absolute atomic E-state index is 12.8. The van der Waals surface area contributed by atoms with E-state index in [4.69, 9.17) is 0 Å². The summed E-state index contributed by atoms with van der Waals surface area (Å²) in [7, 11) is 0. The van der Waals surface area contributed by atoms with Gasteiger partial charge in [0.15, 0.2) is 0 Å². The van der Waals surface area contributed by atoms with Crippen molar-refractivity contribution < 1.29 is 4.79 Å². The van der Waals surface area contributed by atoms with Gasteiger partial charge in [-0.05, 0) is 50.7 Å². The van der Waals surface area contributed by atoms with Gasteiger partial charge in [0, 0.05) is 28.6 Å². The van der Waals surface area contributed by atoms with Crippen molar-refractivity contribution in [2.75, 3.05) is 0 Å². The highest BCUT2D eigenvalue weighted by atomic mass is 16.1. The van der Waals surface area contributed by atoms with Crippen LogP contribution in [-0.4, -0.2) is 10.4 Å². The van der Waals surface area contributed by atoms with E-state index < -0.39 is 0 Å². The molecule has 3 fully saturated rings. The Labute approximate surface area is 134 Å². The van der Waals surface area contributed by atoms with Crippen LogP contribution >= 0.6 is 0 Å². The summed E-state index contributed by atoms with van der Waals surface area (Å²) in [5.41, 5.74) is 2.81. The zero-order valence-electron chi connectivity index (χ0n) is 14.5. The smallest absolute Gasteiger partial charge is 0.141 e. The predicted octanol–water partition coefficient (Wildman–Crippen LogP) is 4.95. The van der Waals surface area contributed by atoms with Crippen LogP contribution in [0.1, 0.15) is 83.0 Å². The van der Waals surface area contributed by atoms with Gasteiger partial charge in [-0.25, -0.2) is 0 Å². The Morgan fingerprint density at radius 1 is 1.09 bits per heavy atom. The molecule has 2 unspecified atom stereocenters. The van der Waals surface area contributed by atoms with E-state index in [2.05, 4.69) is 44.4 Å². The molecule has 2 atom stereocenters. The maximum Gasteiger partial charge on any atom is 0.141 e. The van der Waals surface area contributed by atoms with E-state index in [1.807, 2.05) is 0 Å². The van der Waals surface area contributed by atoms with Crippen LogP contribution in [0.15, 0.2) is 12.1 Å². The number of hydrogen-bond donors (Lipinski definition) is 0. The summed E-state index contributed by atoms with van der Waals surface area (Å²) < 4.78 is 2.62. The molecule has 1 aromatic rings. The van der Waals surface area contributed by atoms with E-state index >= 15 is 0 Å². The largest absolute Gasteiger partial charge is 0.342 e. The first kappa shape index (κ1) is 14.5. The highest BCUT2D eigenvalue weighted by Gasteiger charge is 2.70. The van der Waals surface area contributed by atoms with E-state index in [9.17, 15) is 4.79 Å². The minimum atomic E-state index is -0.128. The van der Waals surface area contributed by atoms with Crippen molar-refractivity contribution in [2.24, 2.45) is 10.8 Å². The summed E-state index contributed by atoms with van der Waals surface area (Å²) in [5, 5.41) is 0. The molecule has 0 aliphatic heterocycles. The number of fused-ring (bicyclic) bond motifs is 2. The number of carbonyl (C=O) groups excluding carboxylic acids is 1. The molecule has 1 heterocycles. The molecule has 3 aliphatic rings. The van der Waals surface area contributed by atoms with Crippen LogP contribution in [0, 0.1) is 17.8 Å². The number of ketones is 1. The quantitative estimate of drug-likeness (QED) is 0.757. The summed E-state index contributed by atoms with van der Waals surface area (Å²) in [4.78, 5) is 12.8. The number of carbonyl (C=O) groups is 1. The molecule has 3 saturated carbocycles. The van der Waals surface area contributed by atoms with E-state index in [0.29, 0.717) is 11.7 Å². The molecule has 0 saturated heterocycles. The van der Waals surface area contributed by atoms with Crippen LogP contribution in [0.2, 0.25) is 0 Å². The Balaban J connectivity index is 1.89. The van der Waals surface area contributed by atoms with Crippen molar-refractivity contribution in [1.29, 1.82) is 0 Å². The molecular formula is C20H29NO. The van der Waals surface area contributed by atoms with Gasteiger partial charge >= 0.3 is 0 Å². The lowest BCUT2D eigenvalue weighted by Crippen LogP contribution is -2.44. The molecule has 2 nitrogen and oxygen atoms in total. The van der Waals surface area contributed by atoms with Gasteiger partial charge in [0.05, 0.1) is 5.54 Å². The van der Waals surface area contributed by atoms with E-state index in [1.54, 1.807) is 0 Å². The van der Waals surface area contributed by atoms with Gasteiger partial charge in [-0.2, -0.15) is 0 Å².